The average Bonchev–Trinajstić information content (AvgIpc) is 2.84. The third kappa shape index (κ3) is 5.53. The molecule has 4 rings (SSSR count). The molecule has 1 atom stereocenters. The minimum atomic E-state index is -3.84. The Bertz CT molecular complexity index is 1290. The highest BCUT2D eigenvalue weighted by Gasteiger charge is 2.31. The number of fused-ring (bicyclic) bond motifs is 1. The fourth-order valence-corrected chi connectivity index (χ4v) is 6.45. The van der Waals surface area contributed by atoms with E-state index in [-0.39, 0.29) is 23.7 Å². The number of nitrogens with zero attached hydrogens (tertiary/aromatic N) is 2. The van der Waals surface area contributed by atoms with Gasteiger partial charge in [-0.25, -0.2) is 16.8 Å². The fourth-order valence-electron chi connectivity index (χ4n) is 3.87. The van der Waals surface area contributed by atoms with Gasteiger partial charge in [0.15, 0.2) is 11.5 Å². The number of benzene rings is 2. The van der Waals surface area contributed by atoms with Gasteiger partial charge in [-0.1, -0.05) is 0 Å². The first-order valence-electron chi connectivity index (χ1n) is 11.0. The number of sulfonamides is 2. The number of carbonyl (C=O) groups excluding carboxylic acids is 1. The Morgan fingerprint density at radius 2 is 1.57 bits per heavy atom. The van der Waals surface area contributed by atoms with Crippen molar-refractivity contribution in [1.82, 2.24) is 4.31 Å². The first-order chi connectivity index (χ1) is 16.6. The topological polar surface area (TPSA) is 132 Å². The van der Waals surface area contributed by atoms with Gasteiger partial charge >= 0.3 is 0 Å². The largest absolute Gasteiger partial charge is 0.486 e. The summed E-state index contributed by atoms with van der Waals surface area (Å²) in [5, 5.41) is 2.66. The van der Waals surface area contributed by atoms with Crippen molar-refractivity contribution in [3.8, 4) is 11.5 Å². The number of hydrogen-bond donors (Lipinski definition) is 1. The lowest BCUT2D eigenvalue weighted by molar-refractivity contribution is -0.116. The highest BCUT2D eigenvalue weighted by atomic mass is 32.2. The molecule has 1 fully saturated rings. The minimum Gasteiger partial charge on any atom is -0.486 e. The second kappa shape index (κ2) is 10.0. The Labute approximate surface area is 204 Å². The van der Waals surface area contributed by atoms with Gasteiger partial charge in [0.25, 0.3) is 0 Å². The van der Waals surface area contributed by atoms with Crippen LogP contribution in [0.1, 0.15) is 6.92 Å². The van der Waals surface area contributed by atoms with Gasteiger partial charge in [0.05, 0.1) is 30.1 Å². The molecular weight excluding hydrogens is 498 g/mol. The quantitative estimate of drug-likeness (QED) is 0.572. The lowest BCUT2D eigenvalue weighted by atomic mass is 10.2. The molecule has 0 radical (unpaired) electrons. The lowest BCUT2D eigenvalue weighted by Gasteiger charge is -2.29. The monoisotopic (exact) mass is 525 g/mol. The minimum absolute atomic E-state index is 0.0967. The highest BCUT2D eigenvalue weighted by molar-refractivity contribution is 7.92. The van der Waals surface area contributed by atoms with Gasteiger partial charge in [-0.2, -0.15) is 4.31 Å². The van der Waals surface area contributed by atoms with Crippen LogP contribution in [-0.2, 0) is 29.6 Å². The molecule has 13 heteroatoms. The van der Waals surface area contributed by atoms with Crippen molar-refractivity contribution in [1.29, 1.82) is 0 Å². The standard InChI is InChI=1S/C22H27N3O8S2/c1-16(25(34(2,27)28)18-5-8-20-21(15-18)33-14-13-32-20)22(26)23-17-3-6-19(7-4-17)35(29,30)24-9-11-31-12-10-24/h3-8,15-16H,9-14H2,1-2H3,(H,23,26)/t16-/m1/s1. The molecule has 0 saturated carbocycles. The zero-order valence-electron chi connectivity index (χ0n) is 19.3. The second-order valence-corrected chi connectivity index (χ2v) is 11.9. The molecule has 1 N–H and O–H groups in total. The van der Waals surface area contributed by atoms with Crippen LogP contribution in [0.15, 0.2) is 47.4 Å². The van der Waals surface area contributed by atoms with E-state index in [1.54, 1.807) is 12.1 Å². The van der Waals surface area contributed by atoms with E-state index in [4.69, 9.17) is 14.2 Å². The summed E-state index contributed by atoms with van der Waals surface area (Å²) in [6.07, 6.45) is 1.01. The molecule has 1 saturated heterocycles. The Balaban J connectivity index is 1.51. The first-order valence-corrected chi connectivity index (χ1v) is 14.2. The second-order valence-electron chi connectivity index (χ2n) is 8.09. The summed E-state index contributed by atoms with van der Waals surface area (Å²) < 4.78 is 69.3. The number of rotatable bonds is 7. The van der Waals surface area contributed by atoms with Gasteiger partial charge in [-0.15, -0.1) is 0 Å². The molecule has 2 heterocycles. The number of nitrogens with one attached hydrogen (secondary N) is 1. The van der Waals surface area contributed by atoms with E-state index in [1.165, 1.54) is 41.6 Å². The molecule has 0 unspecified atom stereocenters. The van der Waals surface area contributed by atoms with Gasteiger partial charge in [-0.05, 0) is 43.3 Å². The summed E-state index contributed by atoms with van der Waals surface area (Å²) in [7, 11) is -7.51. The van der Waals surface area contributed by atoms with Gasteiger partial charge in [-0.3, -0.25) is 9.10 Å². The van der Waals surface area contributed by atoms with E-state index in [1.807, 2.05) is 0 Å². The van der Waals surface area contributed by atoms with E-state index in [9.17, 15) is 21.6 Å². The normalized spacial score (nSPS) is 17.4. The summed E-state index contributed by atoms with van der Waals surface area (Å²) >= 11 is 0. The van der Waals surface area contributed by atoms with Gasteiger partial charge in [0.2, 0.25) is 26.0 Å². The maximum absolute atomic E-state index is 13.0. The van der Waals surface area contributed by atoms with Crippen molar-refractivity contribution in [2.75, 3.05) is 55.4 Å². The van der Waals surface area contributed by atoms with E-state index in [0.717, 1.165) is 10.6 Å². The summed E-state index contributed by atoms with van der Waals surface area (Å²) in [5.74, 6) is 0.304. The predicted molar refractivity (Wildman–Crippen MR) is 129 cm³/mol. The molecule has 0 spiro atoms. The van der Waals surface area contributed by atoms with E-state index in [0.29, 0.717) is 43.6 Å². The summed E-state index contributed by atoms with van der Waals surface area (Å²) in [6, 6.07) is 9.29. The van der Waals surface area contributed by atoms with Gasteiger partial charge in [0.1, 0.15) is 19.3 Å². The first kappa shape index (κ1) is 25.2. The number of amides is 1. The Hall–Kier alpha value is -2.87. The number of hydrogen-bond acceptors (Lipinski definition) is 8. The number of carbonyl (C=O) groups is 1. The van der Waals surface area contributed by atoms with E-state index in [2.05, 4.69) is 5.32 Å². The molecule has 1 amide bonds. The molecule has 2 aromatic rings. The SMILES string of the molecule is C[C@H](C(=O)Nc1ccc(S(=O)(=O)N2CCOCC2)cc1)N(c1ccc2c(c1)OCCO2)S(C)(=O)=O. The van der Waals surface area contributed by atoms with Crippen molar-refractivity contribution >= 4 is 37.3 Å². The number of morpholine rings is 1. The predicted octanol–water partition coefficient (Wildman–Crippen LogP) is 1.27. The molecule has 35 heavy (non-hydrogen) atoms. The maximum atomic E-state index is 13.0. The molecule has 11 nitrogen and oxygen atoms in total. The van der Waals surface area contributed by atoms with Gasteiger partial charge < -0.3 is 19.5 Å². The Kier molecular flexibility index (Phi) is 7.22. The fraction of sp³-hybridized carbons (Fsp3) is 0.409. The van der Waals surface area contributed by atoms with Crippen LogP contribution in [-0.4, -0.2) is 78.9 Å². The van der Waals surface area contributed by atoms with Crippen LogP contribution in [0.4, 0.5) is 11.4 Å². The zero-order valence-corrected chi connectivity index (χ0v) is 21.0. The number of anilines is 2. The highest BCUT2D eigenvalue weighted by Crippen LogP contribution is 2.35. The molecule has 0 aromatic heterocycles. The third-order valence-corrected chi connectivity index (χ3v) is 8.75. The van der Waals surface area contributed by atoms with Crippen molar-refractivity contribution in [2.24, 2.45) is 0 Å². The van der Waals surface area contributed by atoms with E-state index >= 15 is 0 Å². The molecule has 2 aromatic carbocycles. The van der Waals surface area contributed by atoms with Crippen LogP contribution >= 0.6 is 0 Å². The summed E-state index contributed by atoms with van der Waals surface area (Å²) in [4.78, 5) is 13.1. The molecule has 0 aliphatic carbocycles. The number of ether oxygens (including phenoxy) is 3. The van der Waals surface area contributed by atoms with Crippen molar-refractivity contribution in [3.05, 3.63) is 42.5 Å². The van der Waals surface area contributed by atoms with Crippen molar-refractivity contribution in [3.63, 3.8) is 0 Å². The third-order valence-electron chi connectivity index (χ3n) is 5.60. The maximum Gasteiger partial charge on any atom is 0.247 e. The van der Waals surface area contributed by atoms with Crippen LogP contribution in [0.2, 0.25) is 0 Å². The summed E-state index contributed by atoms with van der Waals surface area (Å²) in [6.45, 7) is 3.43. The van der Waals surface area contributed by atoms with Crippen LogP contribution < -0.4 is 19.1 Å². The Morgan fingerprint density at radius 1 is 0.943 bits per heavy atom. The zero-order chi connectivity index (χ0) is 25.2. The Morgan fingerprint density at radius 3 is 2.20 bits per heavy atom. The van der Waals surface area contributed by atoms with Gasteiger partial charge in [0, 0.05) is 24.8 Å². The van der Waals surface area contributed by atoms with Crippen molar-refractivity contribution in [2.45, 2.75) is 17.9 Å². The molecular formula is C22H27N3O8S2. The smallest absolute Gasteiger partial charge is 0.247 e. The van der Waals surface area contributed by atoms with Crippen LogP contribution in [0.25, 0.3) is 0 Å². The average molecular weight is 526 g/mol. The molecule has 2 aliphatic rings. The van der Waals surface area contributed by atoms with E-state index < -0.39 is 32.0 Å². The molecule has 2 aliphatic heterocycles. The lowest BCUT2D eigenvalue weighted by Crippen LogP contribution is -2.45. The van der Waals surface area contributed by atoms with Crippen LogP contribution in [0.3, 0.4) is 0 Å². The molecule has 0 bridgehead atoms. The van der Waals surface area contributed by atoms with Crippen LogP contribution in [0.5, 0.6) is 11.5 Å². The van der Waals surface area contributed by atoms with Crippen molar-refractivity contribution < 1.29 is 35.8 Å². The van der Waals surface area contributed by atoms with Crippen LogP contribution in [0, 0.1) is 0 Å². The molecule has 190 valence electrons. The summed E-state index contributed by atoms with van der Waals surface area (Å²) in [5.41, 5.74) is 0.588.